The van der Waals surface area contributed by atoms with E-state index in [1.54, 1.807) is 18.2 Å². The molecule has 144 valence electrons. The summed E-state index contributed by atoms with van der Waals surface area (Å²) in [6.45, 7) is 2.82. The Morgan fingerprint density at radius 1 is 1.15 bits per heavy atom. The van der Waals surface area contributed by atoms with E-state index < -0.39 is 22.0 Å². The van der Waals surface area contributed by atoms with Crippen LogP contribution in [0.15, 0.2) is 47.4 Å². The Morgan fingerprint density at radius 2 is 1.85 bits per heavy atom. The van der Waals surface area contributed by atoms with E-state index in [0.29, 0.717) is 17.0 Å². The molecule has 0 saturated carbocycles. The van der Waals surface area contributed by atoms with Gasteiger partial charge in [0.15, 0.2) is 5.78 Å². The number of ketones is 1. The third-order valence-electron chi connectivity index (χ3n) is 3.70. The van der Waals surface area contributed by atoms with Crippen LogP contribution in [-0.4, -0.2) is 33.3 Å². The third kappa shape index (κ3) is 5.29. The average Bonchev–Trinajstić information content (AvgIpc) is 2.61. The summed E-state index contributed by atoms with van der Waals surface area (Å²) in [6, 6.07) is 9.31. The molecule has 0 aliphatic carbocycles. The molecule has 0 unspecified atom stereocenters. The predicted octanol–water partition coefficient (Wildman–Crippen LogP) is 2.86. The number of ether oxygens (including phenoxy) is 1. The topological polar surface area (TPSA) is 102 Å². The minimum absolute atomic E-state index is 0.0912. The summed E-state index contributed by atoms with van der Waals surface area (Å²) in [4.78, 5) is 23.6. The Bertz CT molecular complexity index is 975. The number of anilines is 1. The molecule has 7 nitrogen and oxygen atoms in total. The van der Waals surface area contributed by atoms with Crippen molar-refractivity contribution < 1.29 is 22.7 Å². The summed E-state index contributed by atoms with van der Waals surface area (Å²) >= 11 is 5.96. The van der Waals surface area contributed by atoms with Crippen LogP contribution < -0.4 is 14.8 Å². The number of sulfonamides is 1. The fourth-order valence-electron chi connectivity index (χ4n) is 2.24. The average molecular weight is 411 g/mol. The van der Waals surface area contributed by atoms with Gasteiger partial charge in [-0.3, -0.25) is 9.59 Å². The number of nitrogens with one attached hydrogen (secondary N) is 2. The maximum Gasteiger partial charge on any atom is 0.242 e. The second-order valence-corrected chi connectivity index (χ2v) is 7.89. The second-order valence-electron chi connectivity index (χ2n) is 5.77. The van der Waals surface area contributed by atoms with Crippen LogP contribution in [-0.2, 0) is 14.8 Å². The molecule has 9 heteroatoms. The highest BCUT2D eigenvalue weighted by atomic mass is 35.5. The van der Waals surface area contributed by atoms with Gasteiger partial charge in [-0.1, -0.05) is 23.7 Å². The highest BCUT2D eigenvalue weighted by Gasteiger charge is 2.23. The van der Waals surface area contributed by atoms with E-state index in [0.717, 1.165) is 0 Å². The first-order valence-corrected chi connectivity index (χ1v) is 9.78. The Kier molecular flexibility index (Phi) is 6.59. The molecule has 2 N–H and O–H groups in total. The maximum absolute atomic E-state index is 12.5. The van der Waals surface area contributed by atoms with Gasteiger partial charge < -0.3 is 10.1 Å². The highest BCUT2D eigenvalue weighted by molar-refractivity contribution is 7.89. The summed E-state index contributed by atoms with van der Waals surface area (Å²) < 4.78 is 32.2. The van der Waals surface area contributed by atoms with Crippen molar-refractivity contribution in [1.82, 2.24) is 4.72 Å². The fourth-order valence-corrected chi connectivity index (χ4v) is 3.79. The van der Waals surface area contributed by atoms with Crippen molar-refractivity contribution in [3.63, 3.8) is 0 Å². The SMILES string of the molecule is COc1ccc(S(=O)(=O)N[C@H](C)C(=O)Nc2cccc(C(C)=O)c2)cc1Cl. The molecule has 2 aromatic rings. The van der Waals surface area contributed by atoms with Crippen molar-refractivity contribution in [3.05, 3.63) is 53.1 Å². The van der Waals surface area contributed by atoms with Gasteiger partial charge in [-0.15, -0.1) is 0 Å². The molecular weight excluding hydrogens is 392 g/mol. The molecule has 0 aliphatic heterocycles. The van der Waals surface area contributed by atoms with Crippen LogP contribution in [0.4, 0.5) is 5.69 Å². The number of hydrogen-bond donors (Lipinski definition) is 2. The van der Waals surface area contributed by atoms with Crippen LogP contribution in [0.25, 0.3) is 0 Å². The number of rotatable bonds is 7. The largest absolute Gasteiger partial charge is 0.495 e. The molecular formula is C18H19ClN2O5S. The molecule has 0 saturated heterocycles. The standard InChI is InChI=1S/C18H19ClN2O5S/c1-11(18(23)20-14-6-4-5-13(9-14)12(2)22)21-27(24,25)15-7-8-17(26-3)16(19)10-15/h4-11,21H,1-3H3,(H,20,23)/t11-/m1/s1. The van der Waals surface area contributed by atoms with E-state index in [4.69, 9.17) is 16.3 Å². The van der Waals surface area contributed by atoms with Crippen molar-refractivity contribution in [2.24, 2.45) is 0 Å². The Morgan fingerprint density at radius 3 is 2.44 bits per heavy atom. The highest BCUT2D eigenvalue weighted by Crippen LogP contribution is 2.27. The Labute approximate surface area is 162 Å². The van der Waals surface area contributed by atoms with Gasteiger partial charge in [0.25, 0.3) is 0 Å². The van der Waals surface area contributed by atoms with E-state index in [9.17, 15) is 18.0 Å². The lowest BCUT2D eigenvalue weighted by Gasteiger charge is -2.15. The van der Waals surface area contributed by atoms with Crippen molar-refractivity contribution in [3.8, 4) is 5.75 Å². The van der Waals surface area contributed by atoms with Gasteiger partial charge in [0.05, 0.1) is 23.1 Å². The number of halogens is 1. The molecule has 0 aliphatic rings. The summed E-state index contributed by atoms with van der Waals surface area (Å²) in [6.07, 6.45) is 0. The number of carbonyl (C=O) groups is 2. The lowest BCUT2D eigenvalue weighted by molar-refractivity contribution is -0.117. The van der Waals surface area contributed by atoms with Crippen molar-refractivity contribution >= 4 is 39.0 Å². The van der Waals surface area contributed by atoms with Crippen LogP contribution >= 0.6 is 11.6 Å². The monoisotopic (exact) mass is 410 g/mol. The van der Waals surface area contributed by atoms with Gasteiger partial charge in [-0.05, 0) is 44.2 Å². The van der Waals surface area contributed by atoms with Crippen molar-refractivity contribution in [1.29, 1.82) is 0 Å². The van der Waals surface area contributed by atoms with Crippen LogP contribution in [0.1, 0.15) is 24.2 Å². The molecule has 1 atom stereocenters. The Balaban J connectivity index is 2.12. The normalized spacial score (nSPS) is 12.3. The van der Waals surface area contributed by atoms with E-state index in [1.807, 2.05) is 0 Å². The smallest absolute Gasteiger partial charge is 0.242 e. The first kappa shape index (κ1) is 20.9. The summed E-state index contributed by atoms with van der Waals surface area (Å²) in [5, 5.41) is 2.71. The predicted molar refractivity (Wildman–Crippen MR) is 103 cm³/mol. The Hall–Kier alpha value is -2.42. The summed E-state index contributed by atoms with van der Waals surface area (Å²) in [7, 11) is -2.55. The molecule has 0 bridgehead atoms. The fraction of sp³-hybridized carbons (Fsp3) is 0.222. The van der Waals surface area contributed by atoms with Gasteiger partial charge in [-0.2, -0.15) is 4.72 Å². The molecule has 0 heterocycles. The van der Waals surface area contributed by atoms with Gasteiger partial charge in [0.1, 0.15) is 5.75 Å². The van der Waals surface area contributed by atoms with E-state index in [2.05, 4.69) is 10.0 Å². The molecule has 2 aromatic carbocycles. The quantitative estimate of drug-likeness (QED) is 0.683. The van der Waals surface area contributed by atoms with Crippen molar-refractivity contribution in [2.75, 3.05) is 12.4 Å². The summed E-state index contributed by atoms with van der Waals surface area (Å²) in [5.41, 5.74) is 0.833. The number of benzene rings is 2. The second kappa shape index (κ2) is 8.51. The lowest BCUT2D eigenvalue weighted by atomic mass is 10.1. The zero-order chi connectivity index (χ0) is 20.2. The lowest BCUT2D eigenvalue weighted by Crippen LogP contribution is -2.41. The van der Waals surface area contributed by atoms with E-state index >= 15 is 0 Å². The maximum atomic E-state index is 12.5. The van der Waals surface area contributed by atoms with E-state index in [1.165, 1.54) is 45.2 Å². The number of Topliss-reactive ketones (excluding diaryl/α,β-unsaturated/α-hetero) is 1. The molecule has 1 amide bonds. The number of amides is 1. The van der Waals surface area contributed by atoms with Crippen LogP contribution in [0, 0.1) is 0 Å². The number of hydrogen-bond acceptors (Lipinski definition) is 5. The van der Waals surface area contributed by atoms with Crippen LogP contribution in [0.5, 0.6) is 5.75 Å². The van der Waals surface area contributed by atoms with Gasteiger partial charge in [-0.25, -0.2) is 8.42 Å². The van der Waals surface area contributed by atoms with Gasteiger partial charge in [0.2, 0.25) is 15.9 Å². The van der Waals surface area contributed by atoms with Gasteiger partial charge in [0, 0.05) is 11.3 Å². The first-order valence-electron chi connectivity index (χ1n) is 7.92. The number of methoxy groups -OCH3 is 1. The van der Waals surface area contributed by atoms with E-state index in [-0.39, 0.29) is 15.7 Å². The van der Waals surface area contributed by atoms with Crippen molar-refractivity contribution in [2.45, 2.75) is 24.8 Å². The van der Waals surface area contributed by atoms with Gasteiger partial charge >= 0.3 is 0 Å². The molecule has 0 spiro atoms. The summed E-state index contributed by atoms with van der Waals surface area (Å²) in [5.74, 6) is -0.373. The zero-order valence-corrected chi connectivity index (χ0v) is 16.5. The molecule has 2 rings (SSSR count). The molecule has 0 aromatic heterocycles. The number of carbonyl (C=O) groups excluding carboxylic acids is 2. The third-order valence-corrected chi connectivity index (χ3v) is 5.53. The molecule has 0 radical (unpaired) electrons. The molecule has 27 heavy (non-hydrogen) atoms. The first-order chi connectivity index (χ1) is 12.6. The minimum Gasteiger partial charge on any atom is -0.495 e. The van der Waals surface area contributed by atoms with Crippen LogP contribution in [0.3, 0.4) is 0 Å². The minimum atomic E-state index is -3.97. The molecule has 0 fully saturated rings. The zero-order valence-electron chi connectivity index (χ0n) is 14.9. The van der Waals surface area contributed by atoms with Crippen LogP contribution in [0.2, 0.25) is 5.02 Å².